The summed E-state index contributed by atoms with van der Waals surface area (Å²) in [7, 11) is 1.85. The van der Waals surface area contributed by atoms with E-state index in [1.54, 1.807) is 18.7 Å². The molecule has 0 radical (unpaired) electrons. The number of benzene rings is 1. The van der Waals surface area contributed by atoms with Crippen LogP contribution in [0.15, 0.2) is 28.7 Å². The van der Waals surface area contributed by atoms with Crippen molar-refractivity contribution in [3.63, 3.8) is 0 Å². The maximum atomic E-state index is 9.71. The number of aliphatic hydroxyl groups is 1. The van der Waals surface area contributed by atoms with Crippen LogP contribution in [0.3, 0.4) is 0 Å². The lowest BCUT2D eigenvalue weighted by Crippen LogP contribution is -2.36. The number of fused-ring (bicyclic) bond motifs is 1. The van der Waals surface area contributed by atoms with Crippen molar-refractivity contribution in [1.82, 2.24) is 4.98 Å². The number of aromatic nitrogens is 1. The summed E-state index contributed by atoms with van der Waals surface area (Å²) in [5.74, 6) is 0. The lowest BCUT2D eigenvalue weighted by Gasteiger charge is -2.23. The first-order chi connectivity index (χ1) is 7.46. The molecular weight excluding hydrogens is 204 g/mol. The van der Waals surface area contributed by atoms with E-state index in [2.05, 4.69) is 4.98 Å². The van der Waals surface area contributed by atoms with E-state index in [0.29, 0.717) is 12.6 Å². The van der Waals surface area contributed by atoms with Gasteiger partial charge in [-0.25, -0.2) is 0 Å². The molecule has 0 unspecified atom stereocenters. The minimum Gasteiger partial charge on any atom is -0.423 e. The highest BCUT2D eigenvalue weighted by atomic mass is 16.4. The molecule has 16 heavy (non-hydrogen) atoms. The van der Waals surface area contributed by atoms with Gasteiger partial charge < -0.3 is 14.4 Å². The molecule has 0 aliphatic rings. The molecule has 0 amide bonds. The molecule has 4 heteroatoms. The molecule has 0 fully saturated rings. The average Bonchev–Trinajstić information content (AvgIpc) is 2.58. The van der Waals surface area contributed by atoms with Crippen LogP contribution in [-0.2, 0) is 0 Å². The van der Waals surface area contributed by atoms with E-state index in [-0.39, 0.29) is 0 Å². The molecule has 1 heterocycles. The van der Waals surface area contributed by atoms with Crippen LogP contribution in [-0.4, -0.2) is 29.3 Å². The Morgan fingerprint density at radius 3 is 2.69 bits per heavy atom. The second kappa shape index (κ2) is 3.79. The van der Waals surface area contributed by atoms with Gasteiger partial charge in [0.25, 0.3) is 6.01 Å². The lowest BCUT2D eigenvalue weighted by molar-refractivity contribution is 0.0876. The zero-order chi connectivity index (χ0) is 11.8. The summed E-state index contributed by atoms with van der Waals surface area (Å²) >= 11 is 0. The minimum absolute atomic E-state index is 0.472. The molecule has 1 N–H and O–H groups in total. The quantitative estimate of drug-likeness (QED) is 0.860. The van der Waals surface area contributed by atoms with Gasteiger partial charge in [-0.3, -0.25) is 0 Å². The van der Waals surface area contributed by atoms with Gasteiger partial charge in [0, 0.05) is 7.05 Å². The van der Waals surface area contributed by atoms with Crippen LogP contribution in [0, 0.1) is 0 Å². The largest absolute Gasteiger partial charge is 0.423 e. The van der Waals surface area contributed by atoms with Crippen molar-refractivity contribution in [2.75, 3.05) is 18.5 Å². The molecule has 0 atom stereocenters. The Morgan fingerprint density at radius 1 is 1.38 bits per heavy atom. The number of likely N-dealkylation sites (N-methyl/N-ethyl adjacent to an activating group) is 1. The Labute approximate surface area is 94.5 Å². The summed E-state index contributed by atoms with van der Waals surface area (Å²) in [5.41, 5.74) is 0.829. The standard InChI is InChI=1S/C12H16N2O2/c1-12(2,15)8-14(3)11-13-9-6-4-5-7-10(9)16-11/h4-7,15H,8H2,1-3H3. The third-order valence-electron chi connectivity index (χ3n) is 2.23. The van der Waals surface area contributed by atoms with Gasteiger partial charge in [-0.1, -0.05) is 12.1 Å². The molecule has 0 spiro atoms. The molecule has 0 saturated carbocycles. The van der Waals surface area contributed by atoms with E-state index >= 15 is 0 Å². The lowest BCUT2D eigenvalue weighted by atomic mass is 10.1. The normalized spacial score (nSPS) is 12.0. The van der Waals surface area contributed by atoms with Crippen LogP contribution >= 0.6 is 0 Å². The third kappa shape index (κ3) is 2.33. The Morgan fingerprint density at radius 2 is 2.06 bits per heavy atom. The van der Waals surface area contributed by atoms with E-state index in [0.717, 1.165) is 11.1 Å². The predicted molar refractivity (Wildman–Crippen MR) is 63.6 cm³/mol. The smallest absolute Gasteiger partial charge is 0.298 e. The van der Waals surface area contributed by atoms with Gasteiger partial charge in [0.1, 0.15) is 5.52 Å². The summed E-state index contributed by atoms with van der Waals surface area (Å²) in [4.78, 5) is 6.15. The number of oxazole rings is 1. The first-order valence-electron chi connectivity index (χ1n) is 5.25. The van der Waals surface area contributed by atoms with E-state index in [9.17, 15) is 5.11 Å². The van der Waals surface area contributed by atoms with Gasteiger partial charge in [-0.15, -0.1) is 0 Å². The highest BCUT2D eigenvalue weighted by molar-refractivity contribution is 5.74. The first kappa shape index (κ1) is 11.0. The number of rotatable bonds is 3. The summed E-state index contributed by atoms with van der Waals surface area (Å²) in [6.45, 7) is 3.98. The van der Waals surface area contributed by atoms with Crippen LogP contribution in [0.5, 0.6) is 0 Å². The van der Waals surface area contributed by atoms with Crippen molar-refractivity contribution >= 4 is 17.1 Å². The van der Waals surface area contributed by atoms with Crippen LogP contribution in [0.4, 0.5) is 6.01 Å². The van der Waals surface area contributed by atoms with E-state index in [4.69, 9.17) is 4.42 Å². The Kier molecular flexibility index (Phi) is 2.59. The molecule has 4 nitrogen and oxygen atoms in total. The summed E-state index contributed by atoms with van der Waals surface area (Å²) in [5, 5.41) is 9.71. The van der Waals surface area contributed by atoms with Gasteiger partial charge >= 0.3 is 0 Å². The third-order valence-corrected chi connectivity index (χ3v) is 2.23. The fourth-order valence-corrected chi connectivity index (χ4v) is 1.67. The maximum Gasteiger partial charge on any atom is 0.298 e. The molecule has 86 valence electrons. The molecule has 0 bridgehead atoms. The number of hydrogen-bond donors (Lipinski definition) is 1. The number of hydrogen-bond acceptors (Lipinski definition) is 4. The highest BCUT2D eigenvalue weighted by Gasteiger charge is 2.19. The predicted octanol–water partition coefficient (Wildman–Crippen LogP) is 2.03. The molecule has 1 aromatic heterocycles. The molecule has 0 saturated heterocycles. The molecule has 0 aliphatic heterocycles. The zero-order valence-corrected chi connectivity index (χ0v) is 9.77. The van der Waals surface area contributed by atoms with Crippen LogP contribution in [0.25, 0.3) is 11.1 Å². The monoisotopic (exact) mass is 220 g/mol. The van der Waals surface area contributed by atoms with Crippen LogP contribution in [0.1, 0.15) is 13.8 Å². The second-order valence-electron chi connectivity index (χ2n) is 4.63. The van der Waals surface area contributed by atoms with Crippen molar-refractivity contribution in [2.45, 2.75) is 19.4 Å². The molecule has 2 aromatic rings. The van der Waals surface area contributed by atoms with Crippen molar-refractivity contribution in [3.05, 3.63) is 24.3 Å². The van der Waals surface area contributed by atoms with Crippen LogP contribution < -0.4 is 4.90 Å². The van der Waals surface area contributed by atoms with Gasteiger partial charge in [-0.05, 0) is 26.0 Å². The average molecular weight is 220 g/mol. The Balaban J connectivity index is 2.26. The van der Waals surface area contributed by atoms with Crippen molar-refractivity contribution in [1.29, 1.82) is 0 Å². The van der Waals surface area contributed by atoms with Gasteiger partial charge in [0.15, 0.2) is 5.58 Å². The van der Waals surface area contributed by atoms with Crippen molar-refractivity contribution in [3.8, 4) is 0 Å². The molecule has 2 rings (SSSR count). The molecular formula is C12H16N2O2. The summed E-state index contributed by atoms with van der Waals surface area (Å²) in [6, 6.07) is 8.14. The minimum atomic E-state index is -0.768. The van der Waals surface area contributed by atoms with Crippen molar-refractivity contribution in [2.24, 2.45) is 0 Å². The van der Waals surface area contributed by atoms with Gasteiger partial charge in [-0.2, -0.15) is 4.98 Å². The topological polar surface area (TPSA) is 49.5 Å². The Bertz CT molecular complexity index is 452. The number of anilines is 1. The summed E-state index contributed by atoms with van der Waals surface area (Å²) < 4.78 is 5.58. The van der Waals surface area contributed by atoms with E-state index in [1.165, 1.54) is 0 Å². The van der Waals surface area contributed by atoms with Crippen LogP contribution in [0.2, 0.25) is 0 Å². The van der Waals surface area contributed by atoms with Gasteiger partial charge in [0.2, 0.25) is 0 Å². The fourth-order valence-electron chi connectivity index (χ4n) is 1.67. The summed E-state index contributed by atoms with van der Waals surface area (Å²) in [6.07, 6.45) is 0. The van der Waals surface area contributed by atoms with E-state index in [1.807, 2.05) is 31.3 Å². The van der Waals surface area contributed by atoms with Gasteiger partial charge in [0.05, 0.1) is 12.1 Å². The number of nitrogens with zero attached hydrogens (tertiary/aromatic N) is 2. The maximum absolute atomic E-state index is 9.71. The number of para-hydroxylation sites is 2. The Hall–Kier alpha value is -1.55. The zero-order valence-electron chi connectivity index (χ0n) is 9.77. The highest BCUT2D eigenvalue weighted by Crippen LogP contribution is 2.21. The second-order valence-corrected chi connectivity index (χ2v) is 4.63. The van der Waals surface area contributed by atoms with E-state index < -0.39 is 5.60 Å². The van der Waals surface area contributed by atoms with Crippen molar-refractivity contribution < 1.29 is 9.52 Å². The fraction of sp³-hybridized carbons (Fsp3) is 0.417. The SMILES string of the molecule is CN(CC(C)(C)O)c1nc2ccccc2o1. The molecule has 1 aromatic carbocycles. The first-order valence-corrected chi connectivity index (χ1v) is 5.25. The molecule has 0 aliphatic carbocycles.